The highest BCUT2D eigenvalue weighted by atomic mass is 35.5. The van der Waals surface area contributed by atoms with E-state index < -0.39 is 41.2 Å². The van der Waals surface area contributed by atoms with Crippen molar-refractivity contribution in [1.29, 1.82) is 0 Å². The quantitative estimate of drug-likeness (QED) is 0.475. The molecule has 4 rings (SSSR count). The largest absolute Gasteiger partial charge is 0.350 e. The van der Waals surface area contributed by atoms with Crippen molar-refractivity contribution in [2.75, 3.05) is 0 Å². The molecule has 2 aromatic heterocycles. The molecule has 1 amide bonds. The zero-order chi connectivity index (χ0) is 23.0. The van der Waals surface area contributed by atoms with E-state index in [2.05, 4.69) is 5.32 Å². The number of benzene rings is 2. The van der Waals surface area contributed by atoms with Crippen LogP contribution >= 0.6 is 22.9 Å². The monoisotopic (exact) mass is 479 g/mol. The number of nitrogens with one attached hydrogen (secondary N) is 1. The Morgan fingerprint density at radius 2 is 1.72 bits per heavy atom. The van der Waals surface area contributed by atoms with Gasteiger partial charge < -0.3 is 5.32 Å². The predicted octanol–water partition coefficient (Wildman–Crippen LogP) is 3.60. The third-order valence-corrected chi connectivity index (χ3v) is 5.90. The molecule has 2 aromatic carbocycles. The zero-order valence-electron chi connectivity index (χ0n) is 16.1. The number of halogens is 4. The van der Waals surface area contributed by atoms with Crippen LogP contribution in [0.25, 0.3) is 15.9 Å². The summed E-state index contributed by atoms with van der Waals surface area (Å²) >= 11 is 6.98. The Kier molecular flexibility index (Phi) is 5.90. The van der Waals surface area contributed by atoms with Crippen LogP contribution < -0.4 is 16.6 Å². The Labute approximate surface area is 187 Å². The van der Waals surface area contributed by atoms with Gasteiger partial charge in [-0.15, -0.1) is 11.3 Å². The van der Waals surface area contributed by atoms with Gasteiger partial charge in [0.15, 0.2) is 0 Å². The number of hydrogen-bond donors (Lipinski definition) is 1. The fourth-order valence-electron chi connectivity index (χ4n) is 3.19. The van der Waals surface area contributed by atoms with Crippen molar-refractivity contribution in [3.05, 3.63) is 96.7 Å². The van der Waals surface area contributed by atoms with Crippen LogP contribution in [0.15, 0.2) is 57.4 Å². The lowest BCUT2D eigenvalue weighted by Gasteiger charge is -2.13. The summed E-state index contributed by atoms with van der Waals surface area (Å²) in [7, 11) is 0. The fraction of sp³-hybridized carbons (Fsp3) is 0.0952. The summed E-state index contributed by atoms with van der Waals surface area (Å²) in [5.74, 6) is -3.03. The molecule has 0 unspecified atom stereocenters. The van der Waals surface area contributed by atoms with Crippen LogP contribution in [-0.4, -0.2) is 15.0 Å². The molecule has 164 valence electrons. The van der Waals surface area contributed by atoms with E-state index in [1.807, 2.05) is 0 Å². The van der Waals surface area contributed by atoms with Gasteiger partial charge in [-0.2, -0.15) is 0 Å². The molecule has 32 heavy (non-hydrogen) atoms. The minimum Gasteiger partial charge on any atom is -0.350 e. The molecule has 2 heterocycles. The molecular formula is C21H13ClF3N3O3S. The van der Waals surface area contributed by atoms with Crippen molar-refractivity contribution in [1.82, 2.24) is 14.5 Å². The van der Waals surface area contributed by atoms with E-state index >= 15 is 0 Å². The summed E-state index contributed by atoms with van der Waals surface area (Å²) in [6, 6.07) is 7.55. The van der Waals surface area contributed by atoms with Crippen molar-refractivity contribution in [3.8, 4) is 5.69 Å². The Morgan fingerprint density at radius 3 is 2.41 bits per heavy atom. The van der Waals surface area contributed by atoms with Gasteiger partial charge in [0, 0.05) is 17.6 Å². The molecule has 11 heteroatoms. The molecular weight excluding hydrogens is 467 g/mol. The van der Waals surface area contributed by atoms with Crippen LogP contribution in [0.5, 0.6) is 0 Å². The number of carbonyl (C=O) groups is 1. The highest BCUT2D eigenvalue weighted by Gasteiger charge is 2.18. The average Bonchev–Trinajstić information content (AvgIpc) is 3.20. The van der Waals surface area contributed by atoms with E-state index in [1.165, 1.54) is 18.2 Å². The highest BCUT2D eigenvalue weighted by Crippen LogP contribution is 2.18. The van der Waals surface area contributed by atoms with Gasteiger partial charge in [-0.05, 0) is 41.3 Å². The first kappa shape index (κ1) is 21.8. The molecule has 0 aliphatic carbocycles. The highest BCUT2D eigenvalue weighted by molar-refractivity contribution is 7.17. The van der Waals surface area contributed by atoms with E-state index in [0.717, 1.165) is 34.1 Å². The summed E-state index contributed by atoms with van der Waals surface area (Å²) in [6.07, 6.45) is 0. The van der Waals surface area contributed by atoms with Gasteiger partial charge in [-0.3, -0.25) is 14.2 Å². The van der Waals surface area contributed by atoms with Crippen molar-refractivity contribution < 1.29 is 18.0 Å². The Balaban J connectivity index is 1.71. The van der Waals surface area contributed by atoms with E-state index in [9.17, 15) is 27.6 Å². The third kappa shape index (κ3) is 4.19. The molecule has 0 fully saturated rings. The Morgan fingerprint density at radius 1 is 1.00 bits per heavy atom. The van der Waals surface area contributed by atoms with Crippen LogP contribution in [0.3, 0.4) is 0 Å². The second kappa shape index (κ2) is 8.64. The number of rotatable bonds is 5. The van der Waals surface area contributed by atoms with Crippen molar-refractivity contribution >= 4 is 39.1 Å². The number of aromatic nitrogens is 2. The lowest BCUT2D eigenvalue weighted by atomic mass is 10.2. The smallest absolute Gasteiger partial charge is 0.336 e. The molecule has 0 aliphatic rings. The molecule has 1 N–H and O–H groups in total. The van der Waals surface area contributed by atoms with Crippen LogP contribution in [0.2, 0.25) is 5.02 Å². The maximum atomic E-state index is 13.7. The molecule has 0 atom stereocenters. The van der Waals surface area contributed by atoms with Gasteiger partial charge in [0.1, 0.15) is 28.7 Å². The lowest BCUT2D eigenvalue weighted by Crippen LogP contribution is -2.41. The minimum absolute atomic E-state index is 0.0196. The van der Waals surface area contributed by atoms with E-state index in [-0.39, 0.29) is 27.5 Å². The molecule has 4 aromatic rings. The normalized spacial score (nSPS) is 11.1. The van der Waals surface area contributed by atoms with Crippen molar-refractivity contribution in [2.24, 2.45) is 0 Å². The molecule has 6 nitrogen and oxygen atoms in total. The number of nitrogens with zero attached hydrogens (tertiary/aromatic N) is 2. The van der Waals surface area contributed by atoms with Crippen LogP contribution in [0.1, 0.15) is 5.56 Å². The first-order valence-corrected chi connectivity index (χ1v) is 10.4. The summed E-state index contributed by atoms with van der Waals surface area (Å²) in [5, 5.41) is 4.27. The maximum Gasteiger partial charge on any atom is 0.336 e. The second-order valence-electron chi connectivity index (χ2n) is 6.78. The summed E-state index contributed by atoms with van der Waals surface area (Å²) in [6.45, 7) is -0.489. The lowest BCUT2D eigenvalue weighted by molar-refractivity contribution is -0.121. The number of fused-ring (bicyclic) bond motifs is 1. The van der Waals surface area contributed by atoms with E-state index in [4.69, 9.17) is 11.6 Å². The molecule has 0 saturated heterocycles. The van der Waals surface area contributed by atoms with E-state index in [0.29, 0.717) is 16.2 Å². The van der Waals surface area contributed by atoms with Gasteiger partial charge in [0.2, 0.25) is 5.91 Å². The van der Waals surface area contributed by atoms with Crippen molar-refractivity contribution in [3.63, 3.8) is 0 Å². The number of thiophene rings is 1. The number of amides is 1. The SMILES string of the molecule is O=C(Cn1c(=O)n(-c2cc(F)cc(F)c2)c(=O)c2sccc21)NCc1ccc(F)cc1Cl. The summed E-state index contributed by atoms with van der Waals surface area (Å²) in [5.41, 5.74) is -1.29. The van der Waals surface area contributed by atoms with E-state index in [1.54, 1.807) is 5.38 Å². The number of hydrogen-bond acceptors (Lipinski definition) is 4. The van der Waals surface area contributed by atoms with Crippen molar-refractivity contribution in [2.45, 2.75) is 13.1 Å². The van der Waals surface area contributed by atoms with Crippen LogP contribution in [-0.2, 0) is 17.9 Å². The van der Waals surface area contributed by atoms with Gasteiger partial charge >= 0.3 is 5.69 Å². The summed E-state index contributed by atoms with van der Waals surface area (Å²) < 4.78 is 42.4. The first-order chi connectivity index (χ1) is 15.2. The van der Waals surface area contributed by atoms with Gasteiger partial charge in [0.05, 0.1) is 11.2 Å². The van der Waals surface area contributed by atoms with Crippen LogP contribution in [0, 0.1) is 17.5 Å². The van der Waals surface area contributed by atoms with Crippen LogP contribution in [0.4, 0.5) is 13.2 Å². The number of carbonyl (C=O) groups excluding carboxylic acids is 1. The average molecular weight is 480 g/mol. The minimum atomic E-state index is -0.960. The second-order valence-corrected chi connectivity index (χ2v) is 8.11. The van der Waals surface area contributed by atoms with Gasteiger partial charge in [0.25, 0.3) is 5.56 Å². The van der Waals surface area contributed by atoms with Gasteiger partial charge in [-0.25, -0.2) is 22.5 Å². The topological polar surface area (TPSA) is 73.1 Å². The first-order valence-electron chi connectivity index (χ1n) is 9.15. The Bertz CT molecular complexity index is 1460. The molecule has 0 saturated carbocycles. The standard InChI is InChI=1S/C21H13ClF3N3O3S/c22-16-8-12(23)2-1-11(16)9-26-18(29)10-27-17-3-4-32-19(17)20(30)28(21(27)31)15-6-13(24)5-14(25)7-15/h1-8H,9-10H2,(H,26,29). The van der Waals surface area contributed by atoms with Gasteiger partial charge in [-0.1, -0.05) is 17.7 Å². The molecule has 0 bridgehead atoms. The fourth-order valence-corrected chi connectivity index (χ4v) is 4.25. The predicted molar refractivity (Wildman–Crippen MR) is 115 cm³/mol. The molecule has 0 aliphatic heterocycles. The third-order valence-electron chi connectivity index (χ3n) is 4.65. The molecule has 0 spiro atoms. The Hall–Kier alpha value is -3.37. The molecule has 0 radical (unpaired) electrons. The maximum absolute atomic E-state index is 13.7. The zero-order valence-corrected chi connectivity index (χ0v) is 17.6. The summed E-state index contributed by atoms with van der Waals surface area (Å²) in [4.78, 5) is 38.4.